The molecule has 0 spiro atoms. The van der Waals surface area contributed by atoms with Gasteiger partial charge in [0.05, 0.1) is 0 Å². The molecule has 0 aliphatic rings. The Bertz CT molecular complexity index is 426. The van der Waals surface area contributed by atoms with Crippen molar-refractivity contribution in [2.45, 2.75) is 45.8 Å². The van der Waals surface area contributed by atoms with E-state index in [4.69, 9.17) is 4.74 Å². The summed E-state index contributed by atoms with van der Waals surface area (Å²) in [6.45, 7) is 7.88. The number of carbonyl (C=O) groups is 1. The summed E-state index contributed by atoms with van der Waals surface area (Å²) in [5.74, 6) is -0.510. The van der Waals surface area contributed by atoms with Crippen molar-refractivity contribution in [3.05, 3.63) is 35.6 Å². The van der Waals surface area contributed by atoms with E-state index >= 15 is 0 Å². The first-order valence-corrected chi connectivity index (χ1v) is 6.48. The van der Waals surface area contributed by atoms with Gasteiger partial charge in [0.2, 0.25) is 0 Å². The largest absolute Gasteiger partial charge is 0.459 e. The van der Waals surface area contributed by atoms with Gasteiger partial charge in [0.25, 0.3) is 0 Å². The first-order valence-electron chi connectivity index (χ1n) is 6.48. The van der Waals surface area contributed by atoms with Crippen molar-refractivity contribution in [3.8, 4) is 0 Å². The molecule has 3 nitrogen and oxygen atoms in total. The SMILES string of the molecule is CC(NCCc1cccc(F)c1)C(=O)OC(C)(C)C. The van der Waals surface area contributed by atoms with Gasteiger partial charge in [0.1, 0.15) is 17.5 Å². The Hall–Kier alpha value is -1.42. The molecule has 0 saturated carbocycles. The minimum absolute atomic E-state index is 0.238. The average Bonchev–Trinajstić information content (AvgIpc) is 2.26. The highest BCUT2D eigenvalue weighted by molar-refractivity contribution is 5.75. The summed E-state index contributed by atoms with van der Waals surface area (Å²) in [6, 6.07) is 6.10. The lowest BCUT2D eigenvalue weighted by molar-refractivity contribution is -0.156. The monoisotopic (exact) mass is 267 g/mol. The van der Waals surface area contributed by atoms with Crippen molar-refractivity contribution in [3.63, 3.8) is 0 Å². The molecule has 0 bridgehead atoms. The maximum absolute atomic E-state index is 13.0. The van der Waals surface area contributed by atoms with Crippen LogP contribution in [0.1, 0.15) is 33.3 Å². The van der Waals surface area contributed by atoms with Crippen molar-refractivity contribution in [2.24, 2.45) is 0 Å². The summed E-state index contributed by atoms with van der Waals surface area (Å²) >= 11 is 0. The minimum atomic E-state index is -0.477. The highest BCUT2D eigenvalue weighted by Crippen LogP contribution is 2.08. The van der Waals surface area contributed by atoms with Crippen molar-refractivity contribution in [1.82, 2.24) is 5.32 Å². The van der Waals surface area contributed by atoms with Crippen molar-refractivity contribution in [2.75, 3.05) is 6.54 Å². The topological polar surface area (TPSA) is 38.3 Å². The van der Waals surface area contributed by atoms with Crippen LogP contribution in [0.4, 0.5) is 4.39 Å². The van der Waals surface area contributed by atoms with Crippen LogP contribution in [-0.2, 0) is 16.0 Å². The van der Waals surface area contributed by atoms with Crippen LogP contribution in [0.2, 0.25) is 0 Å². The fraction of sp³-hybridized carbons (Fsp3) is 0.533. The fourth-order valence-corrected chi connectivity index (χ4v) is 1.60. The normalized spacial score (nSPS) is 13.1. The van der Waals surface area contributed by atoms with Crippen molar-refractivity contribution in [1.29, 1.82) is 0 Å². The van der Waals surface area contributed by atoms with E-state index < -0.39 is 5.60 Å². The second kappa shape index (κ2) is 6.66. The van der Waals surface area contributed by atoms with Gasteiger partial charge in [-0.15, -0.1) is 0 Å². The van der Waals surface area contributed by atoms with Crippen LogP contribution in [0, 0.1) is 5.82 Å². The first kappa shape index (κ1) is 15.6. The number of halogens is 1. The van der Waals surface area contributed by atoms with E-state index in [1.165, 1.54) is 12.1 Å². The van der Waals surface area contributed by atoms with Crippen LogP contribution >= 0.6 is 0 Å². The van der Waals surface area contributed by atoms with Crippen LogP contribution in [0.5, 0.6) is 0 Å². The van der Waals surface area contributed by atoms with Gasteiger partial charge in [-0.2, -0.15) is 0 Å². The lowest BCUT2D eigenvalue weighted by Crippen LogP contribution is -2.40. The second-order valence-corrected chi connectivity index (χ2v) is 5.59. The van der Waals surface area contributed by atoms with Gasteiger partial charge < -0.3 is 10.1 Å². The lowest BCUT2D eigenvalue weighted by Gasteiger charge is -2.22. The number of nitrogens with one attached hydrogen (secondary N) is 1. The molecule has 4 heteroatoms. The Labute approximate surface area is 114 Å². The second-order valence-electron chi connectivity index (χ2n) is 5.59. The average molecular weight is 267 g/mol. The van der Waals surface area contributed by atoms with Crippen molar-refractivity contribution >= 4 is 5.97 Å². The zero-order chi connectivity index (χ0) is 14.5. The molecule has 0 heterocycles. The Kier molecular flexibility index (Phi) is 5.48. The standard InChI is InChI=1S/C15H22FNO2/c1-11(14(18)19-15(2,3)4)17-9-8-12-6-5-7-13(16)10-12/h5-7,10-11,17H,8-9H2,1-4H3. The van der Waals surface area contributed by atoms with Gasteiger partial charge in [-0.25, -0.2) is 4.39 Å². The number of rotatable bonds is 5. The third-order valence-electron chi connectivity index (χ3n) is 2.51. The zero-order valence-corrected chi connectivity index (χ0v) is 12.0. The number of esters is 1. The predicted octanol–water partition coefficient (Wildman–Crippen LogP) is 2.69. The van der Waals surface area contributed by atoms with Gasteiger partial charge in [-0.1, -0.05) is 12.1 Å². The summed E-state index contributed by atoms with van der Waals surface area (Å²) in [7, 11) is 0. The van der Waals surface area contributed by atoms with Crippen molar-refractivity contribution < 1.29 is 13.9 Å². The maximum atomic E-state index is 13.0. The molecule has 0 fully saturated rings. The minimum Gasteiger partial charge on any atom is -0.459 e. The third-order valence-corrected chi connectivity index (χ3v) is 2.51. The highest BCUT2D eigenvalue weighted by atomic mass is 19.1. The molecule has 0 aromatic heterocycles. The Morgan fingerprint density at radius 2 is 2.11 bits per heavy atom. The van der Waals surface area contributed by atoms with E-state index in [2.05, 4.69) is 5.32 Å². The van der Waals surface area contributed by atoms with Crippen LogP contribution in [-0.4, -0.2) is 24.2 Å². The molecular weight excluding hydrogens is 245 g/mol. The first-order chi connectivity index (χ1) is 8.78. The van der Waals surface area contributed by atoms with Gasteiger partial charge in [-0.05, 0) is 58.4 Å². The molecule has 1 unspecified atom stereocenters. The van der Waals surface area contributed by atoms with Gasteiger partial charge in [0.15, 0.2) is 0 Å². The molecule has 106 valence electrons. The number of benzene rings is 1. The highest BCUT2D eigenvalue weighted by Gasteiger charge is 2.20. The van der Waals surface area contributed by atoms with Crippen LogP contribution in [0.25, 0.3) is 0 Å². The summed E-state index contributed by atoms with van der Waals surface area (Å²) in [5.41, 5.74) is 0.430. The molecule has 0 aliphatic carbocycles. The van der Waals surface area contributed by atoms with E-state index in [-0.39, 0.29) is 17.8 Å². The van der Waals surface area contributed by atoms with Gasteiger partial charge >= 0.3 is 5.97 Å². The number of hydrogen-bond donors (Lipinski definition) is 1. The molecular formula is C15H22FNO2. The number of carbonyl (C=O) groups excluding carboxylic acids is 1. The van der Waals surface area contributed by atoms with E-state index in [0.29, 0.717) is 13.0 Å². The molecule has 0 radical (unpaired) electrons. The Morgan fingerprint density at radius 1 is 1.42 bits per heavy atom. The molecule has 0 amide bonds. The summed E-state index contributed by atoms with van der Waals surface area (Å²) in [5, 5.41) is 3.08. The molecule has 0 saturated heterocycles. The smallest absolute Gasteiger partial charge is 0.323 e. The van der Waals surface area contributed by atoms with Gasteiger partial charge in [-0.3, -0.25) is 4.79 Å². The quantitative estimate of drug-likeness (QED) is 0.834. The van der Waals surface area contributed by atoms with Crippen LogP contribution in [0.15, 0.2) is 24.3 Å². The zero-order valence-electron chi connectivity index (χ0n) is 12.0. The number of ether oxygens (including phenoxy) is 1. The third kappa shape index (κ3) is 6.34. The maximum Gasteiger partial charge on any atom is 0.323 e. The van der Waals surface area contributed by atoms with E-state index in [1.807, 2.05) is 26.8 Å². The Morgan fingerprint density at radius 3 is 2.68 bits per heavy atom. The molecule has 0 aliphatic heterocycles. The predicted molar refractivity (Wildman–Crippen MR) is 73.4 cm³/mol. The summed E-state index contributed by atoms with van der Waals surface area (Å²) in [4.78, 5) is 11.7. The van der Waals surface area contributed by atoms with E-state index in [9.17, 15) is 9.18 Å². The molecule has 1 aromatic rings. The van der Waals surface area contributed by atoms with Gasteiger partial charge in [0, 0.05) is 0 Å². The van der Waals surface area contributed by atoms with E-state index in [1.54, 1.807) is 13.0 Å². The molecule has 19 heavy (non-hydrogen) atoms. The summed E-state index contributed by atoms with van der Waals surface area (Å²) in [6.07, 6.45) is 0.672. The molecule has 1 rings (SSSR count). The lowest BCUT2D eigenvalue weighted by atomic mass is 10.1. The van der Waals surface area contributed by atoms with Crippen LogP contribution < -0.4 is 5.32 Å². The molecule has 1 aromatic carbocycles. The molecule has 1 N–H and O–H groups in total. The Balaban J connectivity index is 2.34. The molecule has 1 atom stereocenters. The summed E-state index contributed by atoms with van der Waals surface area (Å²) < 4.78 is 18.2. The van der Waals surface area contributed by atoms with Crippen LogP contribution in [0.3, 0.4) is 0 Å². The fourth-order valence-electron chi connectivity index (χ4n) is 1.60. The van der Waals surface area contributed by atoms with E-state index in [0.717, 1.165) is 5.56 Å². The number of hydrogen-bond acceptors (Lipinski definition) is 3.